The maximum atomic E-state index is 11.5. The summed E-state index contributed by atoms with van der Waals surface area (Å²) in [5.41, 5.74) is 0. The van der Waals surface area contributed by atoms with E-state index >= 15 is 0 Å². The van der Waals surface area contributed by atoms with Crippen molar-refractivity contribution < 1.29 is 13.5 Å². The van der Waals surface area contributed by atoms with Crippen LogP contribution in [0, 0.1) is 0 Å². The van der Waals surface area contributed by atoms with E-state index in [2.05, 4.69) is 0 Å². The van der Waals surface area contributed by atoms with Crippen LogP contribution < -0.4 is 0 Å². The number of hydrogen-bond donors (Lipinski definition) is 1. The molecule has 0 amide bonds. The lowest BCUT2D eigenvalue weighted by molar-refractivity contribution is 0.0486. The number of rotatable bonds is 2. The van der Waals surface area contributed by atoms with Crippen molar-refractivity contribution in [3.8, 4) is 0 Å². The molecule has 6 heteroatoms. The van der Waals surface area contributed by atoms with E-state index in [0.29, 0.717) is 13.1 Å². The highest BCUT2D eigenvalue weighted by atomic mass is 32.2. The second-order valence-electron chi connectivity index (χ2n) is 3.23. The molecule has 2 rings (SSSR count). The predicted octanol–water partition coefficient (Wildman–Crippen LogP) is -1.39. The molecule has 2 heterocycles. The smallest absolute Gasteiger partial charge is 0.282 e. The first kappa shape index (κ1) is 8.43. The topological polar surface area (TPSA) is 60.9 Å². The summed E-state index contributed by atoms with van der Waals surface area (Å²) in [6.45, 7) is 1.79. The third-order valence-corrected chi connectivity index (χ3v) is 4.26. The number of nitrogens with zero attached hydrogens (tertiary/aromatic N) is 2. The average molecular weight is 192 g/mol. The predicted molar refractivity (Wildman–Crippen MR) is 42.7 cm³/mol. The molecule has 5 nitrogen and oxygen atoms in total. The van der Waals surface area contributed by atoms with Crippen LogP contribution in [0.5, 0.6) is 0 Å². The summed E-state index contributed by atoms with van der Waals surface area (Å²) in [6.07, 6.45) is 0.497. The minimum atomic E-state index is -3.19. The SMILES string of the molecule is O=S(=O)(N1CCC1)N1CC(O)C1. The van der Waals surface area contributed by atoms with Crippen LogP contribution in [-0.2, 0) is 10.2 Å². The molecule has 2 aliphatic rings. The molecule has 0 saturated carbocycles. The summed E-state index contributed by atoms with van der Waals surface area (Å²) in [5, 5.41) is 8.93. The van der Waals surface area contributed by atoms with Crippen LogP contribution in [0.4, 0.5) is 0 Å². The van der Waals surface area contributed by atoms with Crippen LogP contribution in [0.1, 0.15) is 6.42 Å². The highest BCUT2D eigenvalue weighted by molar-refractivity contribution is 7.86. The van der Waals surface area contributed by atoms with E-state index in [0.717, 1.165) is 6.42 Å². The van der Waals surface area contributed by atoms with Gasteiger partial charge in [-0.25, -0.2) is 0 Å². The number of hydrogen-bond acceptors (Lipinski definition) is 3. The molecule has 0 radical (unpaired) electrons. The Morgan fingerprint density at radius 2 is 1.75 bits per heavy atom. The molecule has 1 N–H and O–H groups in total. The zero-order valence-electron chi connectivity index (χ0n) is 6.68. The van der Waals surface area contributed by atoms with Gasteiger partial charge in [0.2, 0.25) is 0 Å². The summed E-state index contributed by atoms with van der Waals surface area (Å²) in [5.74, 6) is 0. The molecule has 70 valence electrons. The van der Waals surface area contributed by atoms with Crippen molar-refractivity contribution >= 4 is 10.2 Å². The first-order valence-electron chi connectivity index (χ1n) is 4.04. The van der Waals surface area contributed by atoms with Crippen LogP contribution in [-0.4, -0.2) is 54.4 Å². The summed E-state index contributed by atoms with van der Waals surface area (Å²) in [4.78, 5) is 0. The molecular formula is C6H12N2O3S. The van der Waals surface area contributed by atoms with Gasteiger partial charge in [0.25, 0.3) is 10.2 Å². The molecule has 0 aromatic rings. The van der Waals surface area contributed by atoms with Gasteiger partial charge in [0, 0.05) is 26.2 Å². The molecule has 2 aliphatic heterocycles. The third kappa shape index (κ3) is 1.15. The van der Waals surface area contributed by atoms with E-state index in [1.54, 1.807) is 0 Å². The van der Waals surface area contributed by atoms with Gasteiger partial charge in [-0.2, -0.15) is 17.0 Å². The molecule has 0 aromatic heterocycles. The van der Waals surface area contributed by atoms with Gasteiger partial charge in [-0.3, -0.25) is 0 Å². The van der Waals surface area contributed by atoms with E-state index < -0.39 is 16.3 Å². The lowest BCUT2D eigenvalue weighted by Gasteiger charge is -2.41. The van der Waals surface area contributed by atoms with Gasteiger partial charge in [-0.15, -0.1) is 0 Å². The molecule has 0 bridgehead atoms. The number of aliphatic hydroxyl groups is 1. The van der Waals surface area contributed by atoms with Crippen LogP contribution in [0.2, 0.25) is 0 Å². The standard InChI is InChI=1S/C6H12N2O3S/c9-6-4-8(5-6)12(10,11)7-2-1-3-7/h6,9H,1-5H2. The Labute approximate surface area is 71.8 Å². The van der Waals surface area contributed by atoms with Crippen molar-refractivity contribution in [3.63, 3.8) is 0 Å². The van der Waals surface area contributed by atoms with Gasteiger partial charge in [-0.05, 0) is 6.42 Å². The maximum absolute atomic E-state index is 11.5. The Bertz CT molecular complexity index is 267. The van der Waals surface area contributed by atoms with Crippen LogP contribution in [0.3, 0.4) is 0 Å². The van der Waals surface area contributed by atoms with Crippen LogP contribution in [0.25, 0.3) is 0 Å². The van der Waals surface area contributed by atoms with E-state index in [4.69, 9.17) is 5.11 Å². The van der Waals surface area contributed by atoms with Gasteiger partial charge in [0.15, 0.2) is 0 Å². The van der Waals surface area contributed by atoms with Crippen molar-refractivity contribution in [2.45, 2.75) is 12.5 Å². The minimum Gasteiger partial charge on any atom is -0.390 e. The molecule has 12 heavy (non-hydrogen) atoms. The highest BCUT2D eigenvalue weighted by Crippen LogP contribution is 2.21. The molecule has 0 atom stereocenters. The van der Waals surface area contributed by atoms with Gasteiger partial charge < -0.3 is 5.11 Å². The number of aliphatic hydroxyl groups excluding tert-OH is 1. The Morgan fingerprint density at radius 3 is 2.08 bits per heavy atom. The van der Waals surface area contributed by atoms with E-state index in [1.165, 1.54) is 8.61 Å². The minimum absolute atomic E-state index is 0.263. The van der Waals surface area contributed by atoms with Gasteiger partial charge >= 0.3 is 0 Å². The fourth-order valence-corrected chi connectivity index (χ4v) is 3.05. The van der Waals surface area contributed by atoms with E-state index in [9.17, 15) is 8.42 Å². The lowest BCUT2D eigenvalue weighted by atomic mass is 10.2. The Morgan fingerprint density at radius 1 is 1.17 bits per heavy atom. The molecular weight excluding hydrogens is 180 g/mol. The van der Waals surface area contributed by atoms with Crippen molar-refractivity contribution in [3.05, 3.63) is 0 Å². The quantitative estimate of drug-likeness (QED) is 0.586. The normalized spacial score (nSPS) is 28.1. The molecule has 2 fully saturated rings. The Hall–Kier alpha value is -0.170. The second kappa shape index (κ2) is 2.66. The zero-order chi connectivity index (χ0) is 8.77. The Kier molecular flexibility index (Phi) is 1.87. The van der Waals surface area contributed by atoms with Gasteiger partial charge in [0.05, 0.1) is 6.10 Å². The van der Waals surface area contributed by atoms with Crippen molar-refractivity contribution in [1.82, 2.24) is 8.61 Å². The fourth-order valence-electron chi connectivity index (χ4n) is 1.29. The first-order valence-corrected chi connectivity index (χ1v) is 5.44. The van der Waals surface area contributed by atoms with E-state index in [1.807, 2.05) is 0 Å². The Balaban J connectivity index is 2.01. The molecule has 0 spiro atoms. The summed E-state index contributed by atoms with van der Waals surface area (Å²) in [6, 6.07) is 0. The zero-order valence-corrected chi connectivity index (χ0v) is 7.50. The van der Waals surface area contributed by atoms with Gasteiger partial charge in [0.1, 0.15) is 0 Å². The number of β-amino-alcohol motifs (C(OH)–C–C–N with tert-alkyl or cyclic N) is 1. The first-order chi connectivity index (χ1) is 5.60. The van der Waals surface area contributed by atoms with Crippen molar-refractivity contribution in [1.29, 1.82) is 0 Å². The summed E-state index contributed by atoms with van der Waals surface area (Å²) >= 11 is 0. The van der Waals surface area contributed by atoms with Crippen molar-refractivity contribution in [2.75, 3.05) is 26.2 Å². The lowest BCUT2D eigenvalue weighted by Crippen LogP contribution is -2.59. The molecule has 0 aromatic carbocycles. The summed E-state index contributed by atoms with van der Waals surface area (Å²) in [7, 11) is -3.19. The molecule has 0 aliphatic carbocycles. The molecule has 2 saturated heterocycles. The average Bonchev–Trinajstić information content (AvgIpc) is 1.75. The summed E-state index contributed by atoms with van der Waals surface area (Å²) < 4.78 is 25.7. The fraction of sp³-hybridized carbons (Fsp3) is 1.00. The largest absolute Gasteiger partial charge is 0.390 e. The van der Waals surface area contributed by atoms with Crippen LogP contribution >= 0.6 is 0 Å². The molecule has 0 unspecified atom stereocenters. The van der Waals surface area contributed by atoms with Crippen molar-refractivity contribution in [2.24, 2.45) is 0 Å². The third-order valence-electron chi connectivity index (χ3n) is 2.30. The monoisotopic (exact) mass is 192 g/mol. The van der Waals surface area contributed by atoms with Crippen LogP contribution in [0.15, 0.2) is 0 Å². The second-order valence-corrected chi connectivity index (χ2v) is 5.16. The highest BCUT2D eigenvalue weighted by Gasteiger charge is 2.40. The van der Waals surface area contributed by atoms with Gasteiger partial charge in [-0.1, -0.05) is 0 Å². The maximum Gasteiger partial charge on any atom is 0.282 e. The van der Waals surface area contributed by atoms with E-state index in [-0.39, 0.29) is 13.1 Å².